The number of aromatic carboxylic acids is 1. The van der Waals surface area contributed by atoms with Gasteiger partial charge in [-0.15, -0.1) is 0 Å². The SMILES string of the molecule is Cc1ccc(-n2cc(I)cc2C(=O)O)c(Br)c1. The third-order valence-corrected chi connectivity index (χ3v) is 3.59. The first-order chi connectivity index (χ1) is 7.99. The summed E-state index contributed by atoms with van der Waals surface area (Å²) in [5.41, 5.74) is 2.22. The fourth-order valence-electron chi connectivity index (χ4n) is 1.60. The molecule has 0 aliphatic heterocycles. The fraction of sp³-hybridized carbons (Fsp3) is 0.0833. The molecule has 17 heavy (non-hydrogen) atoms. The zero-order valence-electron chi connectivity index (χ0n) is 8.95. The van der Waals surface area contributed by atoms with E-state index in [4.69, 9.17) is 5.11 Å². The minimum absolute atomic E-state index is 0.263. The highest BCUT2D eigenvalue weighted by atomic mass is 127. The van der Waals surface area contributed by atoms with Crippen molar-refractivity contribution >= 4 is 44.5 Å². The van der Waals surface area contributed by atoms with Crippen molar-refractivity contribution in [3.63, 3.8) is 0 Å². The van der Waals surface area contributed by atoms with Crippen LogP contribution in [0.3, 0.4) is 0 Å². The van der Waals surface area contributed by atoms with Gasteiger partial charge in [-0.2, -0.15) is 0 Å². The smallest absolute Gasteiger partial charge is 0.352 e. The lowest BCUT2D eigenvalue weighted by Gasteiger charge is -2.09. The molecule has 1 aromatic carbocycles. The molecule has 0 aliphatic rings. The molecule has 0 saturated carbocycles. The monoisotopic (exact) mass is 405 g/mol. The van der Waals surface area contributed by atoms with Crippen LogP contribution in [0.4, 0.5) is 0 Å². The van der Waals surface area contributed by atoms with E-state index < -0.39 is 5.97 Å². The maximum absolute atomic E-state index is 11.1. The summed E-state index contributed by atoms with van der Waals surface area (Å²) in [7, 11) is 0. The van der Waals surface area contributed by atoms with Crippen LogP contribution in [-0.2, 0) is 0 Å². The van der Waals surface area contributed by atoms with Gasteiger partial charge in [0, 0.05) is 14.2 Å². The summed E-state index contributed by atoms with van der Waals surface area (Å²) in [6.07, 6.45) is 1.80. The Kier molecular flexibility index (Phi) is 3.58. The first-order valence-corrected chi connectivity index (χ1v) is 6.74. The molecular weight excluding hydrogens is 397 g/mol. The molecule has 88 valence electrons. The highest BCUT2D eigenvalue weighted by Crippen LogP contribution is 2.25. The molecule has 0 bridgehead atoms. The standard InChI is InChI=1S/C12H9BrINO2/c1-7-2-3-10(9(13)4-7)15-6-8(14)5-11(15)12(16)17/h2-6H,1H3,(H,16,17). The van der Waals surface area contributed by atoms with Crippen LogP contribution < -0.4 is 0 Å². The Morgan fingerprint density at radius 2 is 2.12 bits per heavy atom. The zero-order chi connectivity index (χ0) is 12.6. The Morgan fingerprint density at radius 1 is 1.41 bits per heavy atom. The predicted molar refractivity (Wildman–Crippen MR) is 77.9 cm³/mol. The number of carboxylic acids is 1. The molecule has 0 aliphatic carbocycles. The minimum Gasteiger partial charge on any atom is -0.477 e. The maximum atomic E-state index is 11.1. The van der Waals surface area contributed by atoms with E-state index in [0.29, 0.717) is 0 Å². The van der Waals surface area contributed by atoms with Crippen molar-refractivity contribution in [1.29, 1.82) is 0 Å². The number of halogens is 2. The van der Waals surface area contributed by atoms with Gasteiger partial charge in [0.15, 0.2) is 0 Å². The van der Waals surface area contributed by atoms with Crippen LogP contribution in [0, 0.1) is 10.5 Å². The van der Waals surface area contributed by atoms with Gasteiger partial charge in [0.05, 0.1) is 5.69 Å². The third-order valence-electron chi connectivity index (χ3n) is 2.37. The van der Waals surface area contributed by atoms with Crippen LogP contribution in [0.25, 0.3) is 5.69 Å². The van der Waals surface area contributed by atoms with E-state index in [1.165, 1.54) is 0 Å². The average Bonchev–Trinajstić information content (AvgIpc) is 2.60. The molecule has 2 aromatic rings. The number of carbonyl (C=O) groups is 1. The van der Waals surface area contributed by atoms with E-state index in [9.17, 15) is 4.79 Å². The van der Waals surface area contributed by atoms with Crippen LogP contribution >= 0.6 is 38.5 Å². The van der Waals surface area contributed by atoms with Gasteiger partial charge in [0.2, 0.25) is 0 Å². The Labute approximate surface area is 121 Å². The topological polar surface area (TPSA) is 42.2 Å². The second-order valence-electron chi connectivity index (χ2n) is 3.67. The average molecular weight is 406 g/mol. The summed E-state index contributed by atoms with van der Waals surface area (Å²) >= 11 is 5.57. The molecule has 0 atom stereocenters. The molecule has 0 unspecified atom stereocenters. The van der Waals surface area contributed by atoms with E-state index in [0.717, 1.165) is 19.3 Å². The summed E-state index contributed by atoms with van der Waals surface area (Å²) in [6.45, 7) is 1.99. The lowest BCUT2D eigenvalue weighted by molar-refractivity contribution is 0.0688. The summed E-state index contributed by atoms with van der Waals surface area (Å²) < 4.78 is 3.45. The van der Waals surface area contributed by atoms with E-state index in [2.05, 4.69) is 38.5 Å². The predicted octanol–water partition coefficient (Wildman–Crippen LogP) is 3.85. The van der Waals surface area contributed by atoms with Gasteiger partial charge in [-0.05, 0) is 69.2 Å². The molecule has 2 rings (SSSR count). The Bertz CT molecular complexity index is 592. The van der Waals surface area contributed by atoms with Crippen LogP contribution in [-0.4, -0.2) is 15.6 Å². The van der Waals surface area contributed by atoms with E-state index in [1.54, 1.807) is 16.8 Å². The molecule has 5 heteroatoms. The van der Waals surface area contributed by atoms with E-state index in [-0.39, 0.29) is 5.69 Å². The van der Waals surface area contributed by atoms with Crippen molar-refractivity contribution in [3.05, 3.63) is 49.8 Å². The van der Waals surface area contributed by atoms with Gasteiger partial charge in [0.1, 0.15) is 5.69 Å². The fourth-order valence-corrected chi connectivity index (χ4v) is 2.86. The van der Waals surface area contributed by atoms with Crippen LogP contribution in [0.2, 0.25) is 0 Å². The molecule has 0 radical (unpaired) electrons. The first-order valence-electron chi connectivity index (χ1n) is 4.87. The molecule has 0 fully saturated rings. The van der Waals surface area contributed by atoms with Crippen LogP contribution in [0.1, 0.15) is 16.1 Å². The normalized spacial score (nSPS) is 10.5. The van der Waals surface area contributed by atoms with Gasteiger partial charge < -0.3 is 9.67 Å². The summed E-state index contributed by atoms with van der Waals surface area (Å²) in [5, 5.41) is 9.15. The number of nitrogens with zero attached hydrogens (tertiary/aromatic N) is 1. The van der Waals surface area contributed by atoms with Gasteiger partial charge in [-0.25, -0.2) is 4.79 Å². The Morgan fingerprint density at radius 3 is 2.71 bits per heavy atom. The van der Waals surface area contributed by atoms with Crippen molar-refractivity contribution in [2.75, 3.05) is 0 Å². The van der Waals surface area contributed by atoms with E-state index >= 15 is 0 Å². The van der Waals surface area contributed by atoms with Gasteiger partial charge in [-0.3, -0.25) is 0 Å². The number of carboxylic acid groups (broad SMARTS) is 1. The van der Waals surface area contributed by atoms with Crippen molar-refractivity contribution in [2.24, 2.45) is 0 Å². The van der Waals surface area contributed by atoms with E-state index in [1.807, 2.05) is 25.1 Å². The summed E-state index contributed by atoms with van der Waals surface area (Å²) in [5.74, 6) is -0.930. The number of hydrogen-bond donors (Lipinski definition) is 1. The highest BCUT2D eigenvalue weighted by molar-refractivity contribution is 14.1. The quantitative estimate of drug-likeness (QED) is 0.771. The summed E-state index contributed by atoms with van der Waals surface area (Å²) in [6, 6.07) is 7.48. The number of benzene rings is 1. The Balaban J connectivity index is 2.63. The summed E-state index contributed by atoms with van der Waals surface area (Å²) in [4.78, 5) is 11.1. The highest BCUT2D eigenvalue weighted by Gasteiger charge is 2.14. The molecule has 0 saturated heterocycles. The van der Waals surface area contributed by atoms with Crippen molar-refractivity contribution < 1.29 is 9.90 Å². The minimum atomic E-state index is -0.930. The van der Waals surface area contributed by atoms with Crippen LogP contribution in [0.5, 0.6) is 0 Å². The van der Waals surface area contributed by atoms with Crippen molar-refractivity contribution in [2.45, 2.75) is 6.92 Å². The second kappa shape index (κ2) is 4.81. The largest absolute Gasteiger partial charge is 0.477 e. The molecule has 0 spiro atoms. The van der Waals surface area contributed by atoms with Gasteiger partial charge >= 0.3 is 5.97 Å². The molecule has 3 nitrogen and oxygen atoms in total. The number of aromatic nitrogens is 1. The number of rotatable bonds is 2. The number of hydrogen-bond acceptors (Lipinski definition) is 1. The second-order valence-corrected chi connectivity index (χ2v) is 5.77. The Hall–Kier alpha value is -0.820. The molecule has 1 N–H and O–H groups in total. The lowest BCUT2D eigenvalue weighted by atomic mass is 10.2. The number of aryl methyl sites for hydroxylation is 1. The van der Waals surface area contributed by atoms with Gasteiger partial charge in [0.25, 0.3) is 0 Å². The zero-order valence-corrected chi connectivity index (χ0v) is 12.7. The third kappa shape index (κ3) is 2.55. The van der Waals surface area contributed by atoms with Gasteiger partial charge in [-0.1, -0.05) is 6.07 Å². The lowest BCUT2D eigenvalue weighted by Crippen LogP contribution is -2.06. The van der Waals surface area contributed by atoms with Crippen LogP contribution in [0.15, 0.2) is 34.9 Å². The molecular formula is C12H9BrINO2. The van der Waals surface area contributed by atoms with Crippen molar-refractivity contribution in [3.8, 4) is 5.69 Å². The maximum Gasteiger partial charge on any atom is 0.352 e. The molecule has 1 heterocycles. The first kappa shape index (κ1) is 12.6. The molecule has 1 aromatic heterocycles. The van der Waals surface area contributed by atoms with Crippen molar-refractivity contribution in [1.82, 2.24) is 4.57 Å². The molecule has 0 amide bonds.